The van der Waals surface area contributed by atoms with Crippen LogP contribution in [0.3, 0.4) is 0 Å². The third-order valence-corrected chi connectivity index (χ3v) is 2.66. The van der Waals surface area contributed by atoms with Crippen molar-refractivity contribution in [1.29, 1.82) is 0 Å². The number of hydrogen-bond donors (Lipinski definition) is 1. The molecule has 1 N–H and O–H groups in total. The first kappa shape index (κ1) is 18.5. The molecule has 0 fully saturated rings. The minimum Gasteiger partial charge on any atom is -0.490 e. The normalized spacial score (nSPS) is 10.4. The van der Waals surface area contributed by atoms with Crippen LogP contribution in [0.15, 0.2) is 30.4 Å². The summed E-state index contributed by atoms with van der Waals surface area (Å²) in [7, 11) is 0. The average Bonchev–Trinajstić information content (AvgIpc) is 2.54. The van der Waals surface area contributed by atoms with E-state index in [0.29, 0.717) is 30.4 Å². The molecule has 1 rings (SSSR count). The van der Waals surface area contributed by atoms with E-state index < -0.39 is 11.9 Å². The van der Waals surface area contributed by atoms with Gasteiger partial charge in [0.05, 0.1) is 13.2 Å². The fraction of sp³-hybridized carbons (Fsp3) is 0.412. The van der Waals surface area contributed by atoms with Crippen LogP contribution in [0.1, 0.15) is 27.2 Å². The molecule has 23 heavy (non-hydrogen) atoms. The Kier molecular flexibility index (Phi) is 8.28. The zero-order valence-electron chi connectivity index (χ0n) is 13.8. The van der Waals surface area contributed by atoms with Crippen LogP contribution >= 0.6 is 0 Å². The van der Waals surface area contributed by atoms with Gasteiger partial charge in [-0.2, -0.15) is 0 Å². The Morgan fingerprint density at radius 1 is 1.09 bits per heavy atom. The zero-order chi connectivity index (χ0) is 17.1. The van der Waals surface area contributed by atoms with E-state index in [0.717, 1.165) is 6.42 Å². The Morgan fingerprint density at radius 2 is 1.78 bits per heavy atom. The van der Waals surface area contributed by atoms with Gasteiger partial charge in [-0.1, -0.05) is 13.0 Å². The second-order valence-electron chi connectivity index (χ2n) is 4.49. The molecule has 6 nitrogen and oxygen atoms in total. The highest BCUT2D eigenvalue weighted by Gasteiger charge is 2.09. The first-order valence-electron chi connectivity index (χ1n) is 7.63. The minimum atomic E-state index is -0.538. The highest BCUT2D eigenvalue weighted by atomic mass is 16.5. The van der Waals surface area contributed by atoms with Crippen LogP contribution in [0.25, 0.3) is 0 Å². The Bertz CT molecular complexity index is 554. The number of nitrogens with one attached hydrogen (secondary N) is 1. The third-order valence-electron chi connectivity index (χ3n) is 2.66. The molecule has 0 atom stereocenters. The molecule has 0 bridgehead atoms. The van der Waals surface area contributed by atoms with Crippen molar-refractivity contribution < 1.29 is 23.8 Å². The van der Waals surface area contributed by atoms with Crippen LogP contribution in [0, 0.1) is 0 Å². The molecule has 0 aliphatic carbocycles. The first-order valence-corrected chi connectivity index (χ1v) is 7.63. The lowest BCUT2D eigenvalue weighted by Gasteiger charge is -2.13. The third kappa shape index (κ3) is 6.86. The Balaban J connectivity index is 2.62. The Morgan fingerprint density at radius 3 is 2.43 bits per heavy atom. The molecule has 0 radical (unpaired) electrons. The van der Waals surface area contributed by atoms with Crippen molar-refractivity contribution in [2.75, 3.05) is 25.1 Å². The van der Waals surface area contributed by atoms with Crippen molar-refractivity contribution in [2.24, 2.45) is 0 Å². The van der Waals surface area contributed by atoms with E-state index in [9.17, 15) is 9.59 Å². The van der Waals surface area contributed by atoms with Crippen molar-refractivity contribution in [3.05, 3.63) is 30.4 Å². The van der Waals surface area contributed by atoms with E-state index in [1.165, 1.54) is 6.08 Å². The van der Waals surface area contributed by atoms with Gasteiger partial charge in [-0.05, 0) is 32.4 Å². The fourth-order valence-corrected chi connectivity index (χ4v) is 1.72. The molecule has 1 amide bonds. The highest BCUT2D eigenvalue weighted by Crippen LogP contribution is 2.30. The quantitative estimate of drug-likeness (QED) is 0.559. The topological polar surface area (TPSA) is 73.9 Å². The van der Waals surface area contributed by atoms with Crippen LogP contribution in [0.2, 0.25) is 0 Å². The molecule has 0 aromatic heterocycles. The summed E-state index contributed by atoms with van der Waals surface area (Å²) in [5, 5.41) is 2.65. The molecule has 126 valence electrons. The molecule has 0 spiro atoms. The lowest BCUT2D eigenvalue weighted by atomic mass is 10.2. The van der Waals surface area contributed by atoms with Crippen LogP contribution in [-0.2, 0) is 14.3 Å². The molecule has 0 aliphatic heterocycles. The van der Waals surface area contributed by atoms with Gasteiger partial charge in [-0.15, -0.1) is 0 Å². The predicted octanol–water partition coefficient (Wildman–Crippen LogP) is 2.93. The summed E-state index contributed by atoms with van der Waals surface area (Å²) >= 11 is 0. The molecule has 0 unspecified atom stereocenters. The Hall–Kier alpha value is -2.50. The van der Waals surface area contributed by atoms with Crippen molar-refractivity contribution in [1.82, 2.24) is 0 Å². The highest BCUT2D eigenvalue weighted by molar-refractivity contribution is 5.94. The van der Waals surface area contributed by atoms with Crippen molar-refractivity contribution in [3.8, 4) is 11.5 Å². The second kappa shape index (κ2) is 10.3. The summed E-state index contributed by atoms with van der Waals surface area (Å²) in [6, 6.07) is 5.09. The number of ether oxygens (including phenoxy) is 3. The standard InChI is InChI=1S/C17H23NO5/c1-4-7-8-17(20)23-12-16(19)18-13-9-10-14(21-5-2)15(11-13)22-6-3/h7-11H,4-6,12H2,1-3H3,(H,18,19)/b8-7+. The van der Waals surface area contributed by atoms with Gasteiger partial charge >= 0.3 is 5.97 Å². The van der Waals surface area contributed by atoms with E-state index in [1.807, 2.05) is 20.8 Å². The number of amides is 1. The van der Waals surface area contributed by atoms with E-state index >= 15 is 0 Å². The summed E-state index contributed by atoms with van der Waals surface area (Å²) < 4.78 is 15.8. The van der Waals surface area contributed by atoms with Crippen LogP contribution in [0.4, 0.5) is 5.69 Å². The number of anilines is 1. The van der Waals surface area contributed by atoms with Crippen LogP contribution < -0.4 is 14.8 Å². The molecular weight excluding hydrogens is 298 g/mol. The number of carbonyl (C=O) groups excluding carboxylic acids is 2. The lowest BCUT2D eigenvalue weighted by Crippen LogP contribution is -2.20. The summed E-state index contributed by atoms with van der Waals surface area (Å²) in [6.45, 7) is 6.31. The summed E-state index contributed by atoms with van der Waals surface area (Å²) in [5.74, 6) is 0.206. The SMILES string of the molecule is CC/C=C/C(=O)OCC(=O)Nc1ccc(OCC)c(OCC)c1. The van der Waals surface area contributed by atoms with E-state index in [4.69, 9.17) is 14.2 Å². The fourth-order valence-electron chi connectivity index (χ4n) is 1.72. The zero-order valence-corrected chi connectivity index (χ0v) is 13.8. The predicted molar refractivity (Wildman–Crippen MR) is 87.8 cm³/mol. The number of benzene rings is 1. The number of allylic oxidation sites excluding steroid dienone is 1. The van der Waals surface area contributed by atoms with Gasteiger partial charge in [0.1, 0.15) is 0 Å². The van der Waals surface area contributed by atoms with E-state index in [1.54, 1.807) is 24.3 Å². The summed E-state index contributed by atoms with van der Waals surface area (Å²) in [5.41, 5.74) is 0.544. The van der Waals surface area contributed by atoms with Gasteiger partial charge in [-0.3, -0.25) is 4.79 Å². The maximum absolute atomic E-state index is 11.8. The maximum Gasteiger partial charge on any atom is 0.330 e. The maximum atomic E-state index is 11.8. The molecule has 0 heterocycles. The molecule has 1 aromatic carbocycles. The van der Waals surface area contributed by atoms with Crippen molar-refractivity contribution in [2.45, 2.75) is 27.2 Å². The monoisotopic (exact) mass is 321 g/mol. The average molecular weight is 321 g/mol. The van der Waals surface area contributed by atoms with Gasteiger partial charge in [0.25, 0.3) is 5.91 Å². The van der Waals surface area contributed by atoms with Gasteiger partial charge in [-0.25, -0.2) is 4.79 Å². The summed E-state index contributed by atoms with van der Waals surface area (Å²) in [6.07, 6.45) is 3.70. The van der Waals surface area contributed by atoms with Crippen molar-refractivity contribution >= 4 is 17.6 Å². The smallest absolute Gasteiger partial charge is 0.330 e. The Labute approximate surface area is 136 Å². The van der Waals surface area contributed by atoms with Crippen molar-refractivity contribution in [3.63, 3.8) is 0 Å². The number of rotatable bonds is 9. The van der Waals surface area contributed by atoms with Gasteiger partial charge in [0.2, 0.25) is 0 Å². The number of esters is 1. The number of hydrogen-bond acceptors (Lipinski definition) is 5. The molecule has 6 heteroatoms. The lowest BCUT2D eigenvalue weighted by molar-refractivity contribution is -0.142. The molecule has 0 saturated heterocycles. The molecule has 1 aromatic rings. The molecular formula is C17H23NO5. The summed E-state index contributed by atoms with van der Waals surface area (Å²) in [4.78, 5) is 23.1. The van der Waals surface area contributed by atoms with Crippen LogP contribution in [-0.4, -0.2) is 31.7 Å². The largest absolute Gasteiger partial charge is 0.490 e. The van der Waals surface area contributed by atoms with Gasteiger partial charge in [0.15, 0.2) is 18.1 Å². The first-order chi connectivity index (χ1) is 11.1. The minimum absolute atomic E-state index is 0.343. The van der Waals surface area contributed by atoms with Crippen LogP contribution in [0.5, 0.6) is 11.5 Å². The van der Waals surface area contributed by atoms with Gasteiger partial charge in [0, 0.05) is 17.8 Å². The van der Waals surface area contributed by atoms with E-state index in [-0.39, 0.29) is 6.61 Å². The molecule has 0 saturated carbocycles. The second-order valence-corrected chi connectivity index (χ2v) is 4.49. The van der Waals surface area contributed by atoms with Gasteiger partial charge < -0.3 is 19.5 Å². The number of carbonyl (C=O) groups is 2. The van der Waals surface area contributed by atoms with E-state index in [2.05, 4.69) is 5.32 Å². The molecule has 0 aliphatic rings.